The molecule has 2 atom stereocenters. The Kier molecular flexibility index (Phi) is 12.9. The van der Waals surface area contributed by atoms with Crippen LogP contribution in [-0.4, -0.2) is 75.6 Å². The van der Waals surface area contributed by atoms with E-state index in [9.17, 15) is 23.1 Å². The highest BCUT2D eigenvalue weighted by atomic mass is 32.2. The molecule has 0 saturated carbocycles. The van der Waals surface area contributed by atoms with Crippen molar-refractivity contribution in [2.24, 2.45) is 0 Å². The first kappa shape index (κ1) is 31.1. The van der Waals surface area contributed by atoms with Crippen LogP contribution in [0.3, 0.4) is 0 Å². The second kappa shape index (κ2) is 15.3. The van der Waals surface area contributed by atoms with Crippen molar-refractivity contribution in [1.29, 1.82) is 0 Å². The summed E-state index contributed by atoms with van der Waals surface area (Å²) in [5.74, 6) is 0.125. The summed E-state index contributed by atoms with van der Waals surface area (Å²) in [4.78, 5) is 26.8. The van der Waals surface area contributed by atoms with Crippen molar-refractivity contribution in [3.63, 3.8) is 0 Å². The topological polar surface area (TPSA) is 159 Å². The highest BCUT2D eigenvalue weighted by Crippen LogP contribution is 2.28. The average Bonchev–Trinajstić information content (AvgIpc) is 3.37. The second-order valence-corrected chi connectivity index (χ2v) is 12.8. The summed E-state index contributed by atoms with van der Waals surface area (Å²) in [6, 6.07) is -1.46. The lowest BCUT2D eigenvalue weighted by Crippen LogP contribution is -2.48. The van der Waals surface area contributed by atoms with Crippen LogP contribution in [0.2, 0.25) is 0 Å². The Morgan fingerprint density at radius 2 is 1.81 bits per heavy atom. The molecule has 0 radical (unpaired) electrons. The fraction of sp³-hybridized carbons (Fsp3) is 0.750. The Morgan fingerprint density at radius 1 is 1.08 bits per heavy atom. The summed E-state index contributed by atoms with van der Waals surface area (Å²) in [7, 11) is -3.32. The molecule has 0 bridgehead atoms. The maximum absolute atomic E-state index is 13.3. The quantitative estimate of drug-likeness (QED) is 0.161. The number of carbonyl (C=O) groups is 2. The molecule has 0 aromatic carbocycles. The van der Waals surface area contributed by atoms with Gasteiger partial charge in [0.25, 0.3) is 0 Å². The molecule has 2 aromatic heterocycles. The summed E-state index contributed by atoms with van der Waals surface area (Å²) in [6.45, 7) is 6.06. The van der Waals surface area contributed by atoms with Crippen molar-refractivity contribution in [1.82, 2.24) is 30.4 Å². The number of aliphatic hydroxyl groups excluding tert-OH is 1. The van der Waals surface area contributed by atoms with Gasteiger partial charge in [-0.3, -0.25) is 14.7 Å². The molecule has 0 spiro atoms. The Morgan fingerprint density at radius 3 is 2.46 bits per heavy atom. The Balaban J connectivity index is 2.18. The van der Waals surface area contributed by atoms with Gasteiger partial charge in [0.1, 0.15) is 15.9 Å². The standard InChI is InChI=1S/C24H42N6O5S2/c1-5-7-8-9-10-12-20(32)25-19(13-16-37(4,34)35)24(33)26-18(11-6-2)22-27-28-23-21(36-15-14-31)17(3)29-30(22)23/h18-19,29,31H,5-16H2,1-4H3,(H,25,32)(H,26,33). The molecule has 4 N–H and O–H groups in total. The Hall–Kier alpha value is -2.12. The highest BCUT2D eigenvalue weighted by Gasteiger charge is 2.28. The lowest BCUT2D eigenvalue weighted by atomic mass is 10.1. The molecule has 0 aliphatic heterocycles. The van der Waals surface area contributed by atoms with Gasteiger partial charge < -0.3 is 15.7 Å². The molecule has 11 nitrogen and oxygen atoms in total. The first-order valence-electron chi connectivity index (χ1n) is 13.1. The molecule has 2 heterocycles. The number of unbranched alkanes of at least 4 members (excludes halogenated alkanes) is 4. The summed E-state index contributed by atoms with van der Waals surface area (Å²) < 4.78 is 25.3. The smallest absolute Gasteiger partial charge is 0.243 e. The van der Waals surface area contributed by atoms with E-state index in [0.29, 0.717) is 30.1 Å². The molecule has 0 aliphatic rings. The number of fused-ring (bicyclic) bond motifs is 1. The van der Waals surface area contributed by atoms with Crippen molar-refractivity contribution in [3.05, 3.63) is 11.5 Å². The van der Waals surface area contributed by atoms with Gasteiger partial charge in [0.15, 0.2) is 11.5 Å². The van der Waals surface area contributed by atoms with E-state index in [4.69, 9.17) is 0 Å². The molecule has 37 heavy (non-hydrogen) atoms. The number of amides is 2. The van der Waals surface area contributed by atoms with Gasteiger partial charge in [-0.1, -0.05) is 46.0 Å². The number of aromatic amines is 1. The van der Waals surface area contributed by atoms with Gasteiger partial charge in [-0.25, -0.2) is 12.9 Å². The van der Waals surface area contributed by atoms with Crippen LogP contribution in [0.15, 0.2) is 4.90 Å². The zero-order chi connectivity index (χ0) is 27.4. The molecule has 2 amide bonds. The Bertz CT molecular complexity index is 1110. The van der Waals surface area contributed by atoms with E-state index in [-0.39, 0.29) is 24.7 Å². The fourth-order valence-electron chi connectivity index (χ4n) is 4.07. The summed E-state index contributed by atoms with van der Waals surface area (Å²) in [6.07, 6.45) is 7.70. The van der Waals surface area contributed by atoms with E-state index in [0.717, 1.165) is 55.4 Å². The minimum absolute atomic E-state index is 0.0100. The molecule has 13 heteroatoms. The van der Waals surface area contributed by atoms with Crippen LogP contribution in [-0.2, 0) is 19.4 Å². The summed E-state index contributed by atoms with van der Waals surface area (Å²) in [5.41, 5.74) is 1.50. The van der Waals surface area contributed by atoms with E-state index in [1.165, 1.54) is 11.8 Å². The molecule has 2 unspecified atom stereocenters. The number of carbonyl (C=O) groups excluding carboxylic acids is 2. The number of aromatic nitrogens is 4. The number of nitrogens with zero attached hydrogens (tertiary/aromatic N) is 3. The van der Waals surface area contributed by atoms with Crippen LogP contribution < -0.4 is 10.6 Å². The third-order valence-electron chi connectivity index (χ3n) is 5.99. The number of sulfone groups is 1. The van der Waals surface area contributed by atoms with E-state index < -0.39 is 27.8 Å². The third-order valence-corrected chi connectivity index (χ3v) is 8.13. The summed E-state index contributed by atoms with van der Waals surface area (Å²) >= 11 is 1.47. The van der Waals surface area contributed by atoms with E-state index in [1.54, 1.807) is 4.52 Å². The molecule has 2 aromatic rings. The Labute approximate surface area is 223 Å². The van der Waals surface area contributed by atoms with Gasteiger partial charge in [0, 0.05) is 24.1 Å². The molecule has 0 aliphatic carbocycles. The third kappa shape index (κ3) is 9.93. The number of rotatable bonds is 18. The van der Waals surface area contributed by atoms with Crippen molar-refractivity contribution >= 4 is 39.1 Å². The van der Waals surface area contributed by atoms with Crippen molar-refractivity contribution in [2.75, 3.05) is 24.4 Å². The minimum Gasteiger partial charge on any atom is -0.396 e. The van der Waals surface area contributed by atoms with E-state index in [1.807, 2.05) is 13.8 Å². The number of hydrogen-bond acceptors (Lipinski definition) is 8. The predicted molar refractivity (Wildman–Crippen MR) is 145 cm³/mol. The van der Waals surface area contributed by atoms with Gasteiger partial charge in [-0.15, -0.1) is 22.0 Å². The maximum atomic E-state index is 13.3. The number of H-pyrrole nitrogens is 1. The SMILES string of the molecule is CCCCCCCC(=O)NC(CCS(C)(=O)=O)C(=O)NC(CCC)c1nnc2c(SCCO)c(C)[nH]n12. The molecule has 2 rings (SSSR count). The predicted octanol–water partition coefficient (Wildman–Crippen LogP) is 2.69. The molecular weight excluding hydrogens is 516 g/mol. The first-order valence-corrected chi connectivity index (χ1v) is 16.1. The largest absolute Gasteiger partial charge is 0.396 e. The average molecular weight is 559 g/mol. The zero-order valence-electron chi connectivity index (χ0n) is 22.4. The molecule has 0 saturated heterocycles. The van der Waals surface area contributed by atoms with Crippen LogP contribution in [0.5, 0.6) is 0 Å². The lowest BCUT2D eigenvalue weighted by molar-refractivity contribution is -0.129. The lowest BCUT2D eigenvalue weighted by Gasteiger charge is -2.22. The van der Waals surface area contributed by atoms with Gasteiger partial charge >= 0.3 is 0 Å². The van der Waals surface area contributed by atoms with Crippen LogP contribution in [0, 0.1) is 6.92 Å². The van der Waals surface area contributed by atoms with Crippen molar-refractivity contribution < 1.29 is 23.1 Å². The number of nitrogens with one attached hydrogen (secondary N) is 3. The van der Waals surface area contributed by atoms with Crippen LogP contribution in [0.1, 0.15) is 89.2 Å². The van der Waals surface area contributed by atoms with Crippen molar-refractivity contribution in [2.45, 2.75) is 95.5 Å². The number of hydrogen-bond donors (Lipinski definition) is 4. The normalized spacial score (nSPS) is 13.5. The van der Waals surface area contributed by atoms with Crippen LogP contribution in [0.4, 0.5) is 0 Å². The number of aryl methyl sites for hydroxylation is 1. The van der Waals surface area contributed by atoms with Gasteiger partial charge in [0.05, 0.1) is 23.3 Å². The van der Waals surface area contributed by atoms with E-state index in [2.05, 4.69) is 32.9 Å². The zero-order valence-corrected chi connectivity index (χ0v) is 24.0. The summed E-state index contributed by atoms with van der Waals surface area (Å²) in [5, 5.41) is 26.8. The molecule has 0 fully saturated rings. The van der Waals surface area contributed by atoms with Crippen LogP contribution >= 0.6 is 11.8 Å². The van der Waals surface area contributed by atoms with E-state index >= 15 is 0 Å². The molecule has 210 valence electrons. The van der Waals surface area contributed by atoms with Crippen molar-refractivity contribution in [3.8, 4) is 0 Å². The maximum Gasteiger partial charge on any atom is 0.243 e. The minimum atomic E-state index is -3.32. The monoisotopic (exact) mass is 558 g/mol. The number of thioether (sulfide) groups is 1. The van der Waals surface area contributed by atoms with Gasteiger partial charge in [-0.2, -0.15) is 0 Å². The number of aliphatic hydroxyl groups is 1. The van der Waals surface area contributed by atoms with Gasteiger partial charge in [-0.05, 0) is 26.2 Å². The van der Waals surface area contributed by atoms with Crippen LogP contribution in [0.25, 0.3) is 5.65 Å². The molecular formula is C24H42N6O5S2. The highest BCUT2D eigenvalue weighted by molar-refractivity contribution is 7.99. The first-order chi connectivity index (χ1) is 17.6. The second-order valence-electron chi connectivity index (χ2n) is 9.41. The van der Waals surface area contributed by atoms with Gasteiger partial charge in [0.2, 0.25) is 11.8 Å². The fourth-order valence-corrected chi connectivity index (χ4v) is 5.55.